The molecule has 0 saturated carbocycles. The van der Waals surface area contributed by atoms with Gasteiger partial charge in [-0.1, -0.05) is 97.3 Å². The van der Waals surface area contributed by atoms with Crippen LogP contribution in [0.4, 0.5) is 0 Å². The van der Waals surface area contributed by atoms with Gasteiger partial charge in [0.05, 0.1) is 22.6 Å². The first-order valence-corrected chi connectivity index (χ1v) is 25.7. The molecule has 2 aliphatic rings. The highest BCUT2D eigenvalue weighted by molar-refractivity contribution is 9.10. The maximum Gasteiger partial charge on any atom is 0.305 e. The number of hydrogen-bond acceptors (Lipinski definition) is 11. The van der Waals surface area contributed by atoms with Gasteiger partial charge in [-0.3, -0.25) is 38.8 Å². The fourth-order valence-corrected chi connectivity index (χ4v) is 9.84. The number of carbonyl (C=O) groups excluding carboxylic acids is 5. The molecule has 14 heteroatoms. The van der Waals surface area contributed by atoms with Crippen LogP contribution in [0, 0.1) is 16.7 Å². The van der Waals surface area contributed by atoms with Crippen molar-refractivity contribution in [1.82, 2.24) is 14.4 Å². The first-order valence-electron chi connectivity index (χ1n) is 24.9. The summed E-state index contributed by atoms with van der Waals surface area (Å²) in [6, 6.07) is 6.17. The molecule has 13 nitrogen and oxygen atoms in total. The van der Waals surface area contributed by atoms with Crippen LogP contribution in [0.25, 0.3) is 16.5 Å². The van der Waals surface area contributed by atoms with Crippen molar-refractivity contribution < 1.29 is 42.9 Å². The van der Waals surface area contributed by atoms with Gasteiger partial charge in [0, 0.05) is 63.2 Å². The van der Waals surface area contributed by atoms with Crippen molar-refractivity contribution in [2.75, 3.05) is 46.5 Å². The van der Waals surface area contributed by atoms with E-state index in [4.69, 9.17) is 24.4 Å². The quantitative estimate of drug-likeness (QED) is 0.0263. The maximum absolute atomic E-state index is 13.8. The molecule has 4 rings (SSSR count). The first-order chi connectivity index (χ1) is 31.6. The minimum absolute atomic E-state index is 0.0380. The summed E-state index contributed by atoms with van der Waals surface area (Å²) in [5, 5.41) is 9.70. The van der Waals surface area contributed by atoms with Crippen molar-refractivity contribution in [1.29, 1.82) is 5.41 Å². The zero-order chi connectivity index (χ0) is 48.2. The minimum Gasteiger partial charge on any atom is -0.471 e. The SMILES string of the molecule is CCCCCCCC(=O)OCC(COC(=O)CCCCCCC)OC(=N)CC(C)(C)CCC(=O)OCCCCC(=O)n1c(Br)c2c3c(cccc31)C1=C[C@@H](C(=O)N(CC)CC)CN(C)C1C2. The number of carbonyl (C=O) groups is 5. The predicted octanol–water partition coefficient (Wildman–Crippen LogP) is 10.9. The lowest BCUT2D eigenvalue weighted by molar-refractivity contribution is -0.152. The summed E-state index contributed by atoms with van der Waals surface area (Å²) in [5.74, 6) is -1.18. The van der Waals surface area contributed by atoms with Gasteiger partial charge in [0.2, 0.25) is 11.8 Å². The third-order valence-electron chi connectivity index (χ3n) is 13.0. The second-order valence-corrected chi connectivity index (χ2v) is 19.7. The summed E-state index contributed by atoms with van der Waals surface area (Å²) in [6.07, 6.45) is 14.9. The van der Waals surface area contributed by atoms with E-state index < -0.39 is 11.5 Å². The van der Waals surface area contributed by atoms with Crippen molar-refractivity contribution in [2.24, 2.45) is 11.3 Å². The first kappa shape index (κ1) is 54.6. The van der Waals surface area contributed by atoms with Crippen LogP contribution >= 0.6 is 15.9 Å². The average Bonchev–Trinajstić information content (AvgIpc) is 3.57. The summed E-state index contributed by atoms with van der Waals surface area (Å²) >= 11 is 3.80. The van der Waals surface area contributed by atoms with Gasteiger partial charge in [0.25, 0.3) is 0 Å². The molecule has 0 fully saturated rings. The van der Waals surface area contributed by atoms with Crippen LogP contribution < -0.4 is 0 Å². The van der Waals surface area contributed by atoms with Crippen LogP contribution in [0.3, 0.4) is 0 Å². The number of aromatic nitrogens is 1. The van der Waals surface area contributed by atoms with Crippen LogP contribution in [0.2, 0.25) is 0 Å². The Morgan fingerprint density at radius 3 is 2.00 bits per heavy atom. The third kappa shape index (κ3) is 16.3. The highest BCUT2D eigenvalue weighted by atomic mass is 79.9. The van der Waals surface area contributed by atoms with Gasteiger partial charge < -0.3 is 23.8 Å². The number of nitrogens with one attached hydrogen (secondary N) is 1. The van der Waals surface area contributed by atoms with Crippen LogP contribution in [-0.4, -0.2) is 109 Å². The maximum atomic E-state index is 13.8. The van der Waals surface area contributed by atoms with Gasteiger partial charge in [0.15, 0.2) is 12.0 Å². The van der Waals surface area contributed by atoms with Crippen LogP contribution in [-0.2, 0) is 44.5 Å². The number of fused-ring (bicyclic) bond motifs is 2. The number of hydrogen-bond donors (Lipinski definition) is 1. The Balaban J connectivity index is 1.23. The molecule has 1 aromatic heterocycles. The van der Waals surface area contributed by atoms with E-state index in [9.17, 15) is 24.0 Å². The number of esters is 3. The molecule has 1 aromatic carbocycles. The molecule has 0 radical (unpaired) electrons. The number of ether oxygens (including phenoxy) is 4. The van der Waals surface area contributed by atoms with E-state index in [0.717, 1.165) is 103 Å². The Labute approximate surface area is 402 Å². The fourth-order valence-electron chi connectivity index (χ4n) is 9.09. The molecule has 2 atom stereocenters. The molecular formula is C52H79BrN4O9. The lowest BCUT2D eigenvalue weighted by Gasteiger charge is -2.40. The molecule has 1 aliphatic heterocycles. The van der Waals surface area contributed by atoms with Gasteiger partial charge in [0.1, 0.15) is 13.2 Å². The summed E-state index contributed by atoms with van der Waals surface area (Å²) in [6.45, 7) is 14.1. The lowest BCUT2D eigenvalue weighted by Crippen LogP contribution is -2.47. The Morgan fingerprint density at radius 2 is 1.39 bits per heavy atom. The highest BCUT2D eigenvalue weighted by Gasteiger charge is 2.38. The van der Waals surface area contributed by atoms with Crippen molar-refractivity contribution in [2.45, 2.75) is 176 Å². The van der Waals surface area contributed by atoms with E-state index in [-0.39, 0.29) is 86.7 Å². The average molecular weight is 984 g/mol. The van der Waals surface area contributed by atoms with E-state index in [1.165, 1.54) is 0 Å². The standard InChI is InChI=1S/C52H79BrN4O9/c1-8-12-14-16-18-26-46(59)64-35-38(36-65-47(60)27-19-17-15-13-9-2)66-44(54)33-52(5,6)29-28-48(61)63-30-21-20-25-45(58)57-42-24-22-23-39-40-31-37(51(62)56(10-3)11-4)34-55(7)43(40)32-41(49(39)42)50(57)53/h22-24,31,37-38,43,54H,8-21,25-30,32-36H2,1-7H3/t37-,43?/m1/s1. The Kier molecular flexibility index (Phi) is 22.9. The number of benzene rings is 1. The third-order valence-corrected chi connectivity index (χ3v) is 13.8. The minimum atomic E-state index is -0.816. The highest BCUT2D eigenvalue weighted by Crippen LogP contribution is 2.45. The van der Waals surface area contributed by atoms with Crippen LogP contribution in [0.5, 0.6) is 0 Å². The number of rotatable bonds is 30. The molecular weight excluding hydrogens is 904 g/mol. The molecule has 1 aliphatic carbocycles. The number of likely N-dealkylation sites (N-methyl/N-ethyl adjacent to an activating group) is 1. The van der Waals surface area contributed by atoms with E-state index in [1.54, 1.807) is 4.57 Å². The Hall–Kier alpha value is -4.04. The summed E-state index contributed by atoms with van der Waals surface area (Å²) in [5.41, 5.74) is 3.68. The lowest BCUT2D eigenvalue weighted by atomic mass is 9.79. The molecule has 0 spiro atoms. The van der Waals surface area contributed by atoms with Gasteiger partial charge in [-0.25, -0.2) is 0 Å². The summed E-state index contributed by atoms with van der Waals surface area (Å²) in [4.78, 5) is 69.2. The van der Waals surface area contributed by atoms with Gasteiger partial charge in [-0.05, 0) is 104 Å². The molecule has 1 amide bonds. The van der Waals surface area contributed by atoms with Crippen molar-refractivity contribution in [3.8, 4) is 0 Å². The van der Waals surface area contributed by atoms with E-state index in [1.807, 2.05) is 44.7 Å². The molecule has 368 valence electrons. The molecule has 2 aromatic rings. The van der Waals surface area contributed by atoms with Gasteiger partial charge in [-0.2, -0.15) is 0 Å². The molecule has 66 heavy (non-hydrogen) atoms. The van der Waals surface area contributed by atoms with E-state index in [0.29, 0.717) is 51.7 Å². The normalized spacial score (nSPS) is 15.9. The van der Waals surface area contributed by atoms with E-state index in [2.05, 4.69) is 53.9 Å². The van der Waals surface area contributed by atoms with Gasteiger partial charge >= 0.3 is 17.9 Å². The van der Waals surface area contributed by atoms with Crippen molar-refractivity contribution >= 4 is 68.0 Å². The molecule has 0 saturated heterocycles. The summed E-state index contributed by atoms with van der Waals surface area (Å²) in [7, 11) is 2.08. The molecule has 1 N–H and O–H groups in total. The van der Waals surface area contributed by atoms with Crippen LogP contribution in [0.1, 0.15) is 173 Å². The van der Waals surface area contributed by atoms with Crippen molar-refractivity contribution in [3.05, 3.63) is 40.0 Å². The molecule has 0 bridgehead atoms. The smallest absolute Gasteiger partial charge is 0.305 e. The zero-order valence-corrected chi connectivity index (χ0v) is 42.7. The van der Waals surface area contributed by atoms with Gasteiger partial charge in [-0.15, -0.1) is 0 Å². The second kappa shape index (κ2) is 27.7. The second-order valence-electron chi connectivity index (χ2n) is 19.0. The predicted molar refractivity (Wildman–Crippen MR) is 263 cm³/mol. The molecule has 1 unspecified atom stereocenters. The van der Waals surface area contributed by atoms with Crippen molar-refractivity contribution in [3.63, 3.8) is 0 Å². The number of unbranched alkanes of at least 4 members (excludes halogenated alkanes) is 9. The Morgan fingerprint density at radius 1 is 0.803 bits per heavy atom. The largest absolute Gasteiger partial charge is 0.471 e. The number of amides is 1. The topological polar surface area (TPSA) is 158 Å². The fraction of sp³-hybridized carbons (Fsp3) is 0.692. The van der Waals surface area contributed by atoms with Crippen LogP contribution in [0.15, 0.2) is 28.9 Å². The van der Waals surface area contributed by atoms with E-state index >= 15 is 0 Å². The molecule has 2 heterocycles. The zero-order valence-electron chi connectivity index (χ0n) is 41.1. The summed E-state index contributed by atoms with van der Waals surface area (Å²) < 4.78 is 25.0. The monoisotopic (exact) mass is 983 g/mol. The Bertz CT molecular complexity index is 1940. The number of nitrogens with zero attached hydrogens (tertiary/aromatic N) is 3. The number of halogens is 1.